The molecule has 2 amide bonds. The van der Waals surface area contributed by atoms with Crippen LogP contribution in [-0.2, 0) is 26.0 Å². The first-order valence-corrected chi connectivity index (χ1v) is 14.8. The minimum absolute atomic E-state index is 0.118. The highest BCUT2D eigenvalue weighted by atomic mass is 32.2. The lowest BCUT2D eigenvalue weighted by Crippen LogP contribution is -2.55. The van der Waals surface area contributed by atoms with Crippen molar-refractivity contribution in [2.75, 3.05) is 32.7 Å². The summed E-state index contributed by atoms with van der Waals surface area (Å²) in [6.45, 7) is 2.13. The zero-order valence-electron chi connectivity index (χ0n) is 21.2. The van der Waals surface area contributed by atoms with Gasteiger partial charge in [-0.1, -0.05) is 30.3 Å². The predicted molar refractivity (Wildman–Crippen MR) is 148 cm³/mol. The highest BCUT2D eigenvalue weighted by molar-refractivity contribution is 7.89. The van der Waals surface area contributed by atoms with Crippen LogP contribution in [0.3, 0.4) is 0 Å². The van der Waals surface area contributed by atoms with E-state index in [1.54, 1.807) is 31.3 Å². The van der Waals surface area contributed by atoms with Crippen molar-refractivity contribution in [2.45, 2.75) is 37.1 Å². The van der Waals surface area contributed by atoms with E-state index >= 15 is 0 Å². The lowest BCUT2D eigenvalue weighted by Gasteiger charge is -2.33. The van der Waals surface area contributed by atoms with E-state index in [1.165, 1.54) is 20.5 Å². The maximum absolute atomic E-state index is 13.2. The average Bonchev–Trinajstić information content (AvgIpc) is 3.40. The lowest BCUT2D eigenvalue weighted by molar-refractivity contribution is -0.138. The van der Waals surface area contributed by atoms with Crippen LogP contribution in [0.25, 0.3) is 10.8 Å². The van der Waals surface area contributed by atoms with E-state index in [4.69, 9.17) is 5.73 Å². The SMILES string of the molecule is CC(N)=NCCCC(Cc1nccs1)NC(=O)CN1CCN(S(=O)(=O)c2ccc3ccccc3c2)CC1=O. The van der Waals surface area contributed by atoms with Crippen LogP contribution in [0, 0.1) is 0 Å². The monoisotopic (exact) mass is 556 g/mol. The Balaban J connectivity index is 1.34. The molecule has 202 valence electrons. The second kappa shape index (κ2) is 12.5. The van der Waals surface area contributed by atoms with Crippen LogP contribution < -0.4 is 11.1 Å². The molecule has 4 rings (SSSR count). The molecule has 38 heavy (non-hydrogen) atoms. The number of hydrogen-bond acceptors (Lipinski definition) is 7. The van der Waals surface area contributed by atoms with Crippen molar-refractivity contribution in [2.24, 2.45) is 10.7 Å². The molecule has 1 aromatic heterocycles. The van der Waals surface area contributed by atoms with Crippen LogP contribution in [-0.4, -0.2) is 79.0 Å². The Bertz CT molecular complexity index is 1400. The lowest BCUT2D eigenvalue weighted by atomic mass is 10.1. The van der Waals surface area contributed by atoms with Crippen molar-refractivity contribution in [1.82, 2.24) is 19.5 Å². The fourth-order valence-electron chi connectivity index (χ4n) is 4.37. The number of carbonyl (C=O) groups excluding carboxylic acids is 2. The molecule has 2 heterocycles. The van der Waals surface area contributed by atoms with Gasteiger partial charge in [0.25, 0.3) is 0 Å². The number of amides is 2. The molecule has 3 aromatic rings. The third kappa shape index (κ3) is 7.15. The standard InChI is InChI=1S/C26H32N6O4S2/c1-19(27)28-10-4-7-22(16-25-29-11-14-37-25)30-24(33)17-31-12-13-32(18-26(31)34)38(35,36)23-9-8-20-5-2-3-6-21(20)15-23/h2-3,5-6,8-9,11,14-15,22H,4,7,10,12-13,16-18H2,1H3,(H2,27,28)(H,30,33). The molecule has 0 saturated carbocycles. The Morgan fingerprint density at radius 2 is 2.00 bits per heavy atom. The molecule has 0 aliphatic carbocycles. The Kier molecular flexibility index (Phi) is 9.08. The molecule has 10 nitrogen and oxygen atoms in total. The first-order valence-electron chi connectivity index (χ1n) is 12.4. The van der Waals surface area contributed by atoms with E-state index in [0.717, 1.165) is 22.2 Å². The maximum atomic E-state index is 13.2. The smallest absolute Gasteiger partial charge is 0.243 e. The van der Waals surface area contributed by atoms with Crippen molar-refractivity contribution in [3.05, 3.63) is 59.0 Å². The number of fused-ring (bicyclic) bond motifs is 1. The summed E-state index contributed by atoms with van der Waals surface area (Å²) in [7, 11) is -3.85. The topological polar surface area (TPSA) is 138 Å². The minimum Gasteiger partial charge on any atom is -0.388 e. The number of hydrogen-bond donors (Lipinski definition) is 2. The molecule has 2 aromatic carbocycles. The van der Waals surface area contributed by atoms with Crippen LogP contribution >= 0.6 is 11.3 Å². The van der Waals surface area contributed by atoms with Crippen molar-refractivity contribution in [3.63, 3.8) is 0 Å². The van der Waals surface area contributed by atoms with E-state index in [2.05, 4.69) is 15.3 Å². The number of aromatic nitrogens is 1. The second-order valence-electron chi connectivity index (χ2n) is 9.22. The number of piperazine rings is 1. The van der Waals surface area contributed by atoms with E-state index in [1.807, 2.05) is 29.6 Å². The van der Waals surface area contributed by atoms with Gasteiger partial charge in [0.2, 0.25) is 21.8 Å². The maximum Gasteiger partial charge on any atom is 0.243 e. The van der Waals surface area contributed by atoms with Crippen molar-refractivity contribution >= 4 is 49.8 Å². The van der Waals surface area contributed by atoms with E-state index in [9.17, 15) is 18.0 Å². The number of thiazole rings is 1. The Morgan fingerprint density at radius 3 is 2.71 bits per heavy atom. The largest absolute Gasteiger partial charge is 0.388 e. The summed E-state index contributed by atoms with van der Waals surface area (Å²) in [4.78, 5) is 35.8. The number of rotatable bonds is 11. The highest BCUT2D eigenvalue weighted by Crippen LogP contribution is 2.23. The van der Waals surface area contributed by atoms with Crippen LogP contribution in [0.1, 0.15) is 24.8 Å². The molecule has 1 aliphatic heterocycles. The second-order valence-corrected chi connectivity index (χ2v) is 12.1. The van der Waals surface area contributed by atoms with Crippen LogP contribution in [0.15, 0.2) is 63.9 Å². The molecule has 1 atom stereocenters. The zero-order chi connectivity index (χ0) is 27.1. The van der Waals surface area contributed by atoms with Gasteiger partial charge in [0.1, 0.15) is 0 Å². The number of nitrogens with two attached hydrogens (primary N) is 1. The third-order valence-electron chi connectivity index (χ3n) is 6.32. The molecule has 1 aliphatic rings. The molecule has 1 fully saturated rings. The molecular formula is C26H32N6O4S2. The normalized spacial score (nSPS) is 16.1. The number of benzene rings is 2. The summed E-state index contributed by atoms with van der Waals surface area (Å²) in [5.74, 6) is -0.171. The van der Waals surface area contributed by atoms with Gasteiger partial charge in [-0.05, 0) is 42.7 Å². The minimum atomic E-state index is -3.85. The Morgan fingerprint density at radius 1 is 1.21 bits per heavy atom. The summed E-state index contributed by atoms with van der Waals surface area (Å²) >= 11 is 1.52. The highest BCUT2D eigenvalue weighted by Gasteiger charge is 2.33. The first kappa shape index (κ1) is 27.7. The molecule has 0 radical (unpaired) electrons. The van der Waals surface area contributed by atoms with Crippen LogP contribution in [0.4, 0.5) is 0 Å². The van der Waals surface area contributed by atoms with Crippen LogP contribution in [0.5, 0.6) is 0 Å². The number of carbonyl (C=O) groups is 2. The van der Waals surface area contributed by atoms with Gasteiger partial charge in [-0.25, -0.2) is 13.4 Å². The Labute approximate surface area is 226 Å². The van der Waals surface area contributed by atoms with Gasteiger partial charge in [0.15, 0.2) is 0 Å². The van der Waals surface area contributed by atoms with Crippen molar-refractivity contribution < 1.29 is 18.0 Å². The van der Waals surface area contributed by atoms with Crippen molar-refractivity contribution in [3.8, 4) is 0 Å². The van der Waals surface area contributed by atoms with Gasteiger partial charge in [-0.15, -0.1) is 11.3 Å². The number of aliphatic imine (C=N–C) groups is 1. The van der Waals surface area contributed by atoms with Gasteiger partial charge in [0.05, 0.1) is 28.8 Å². The molecule has 1 saturated heterocycles. The zero-order valence-corrected chi connectivity index (χ0v) is 22.9. The van der Waals surface area contributed by atoms with Crippen molar-refractivity contribution in [1.29, 1.82) is 0 Å². The summed E-state index contributed by atoms with van der Waals surface area (Å²) in [5, 5.41) is 7.57. The molecule has 1 unspecified atom stereocenters. The quantitative estimate of drug-likeness (QED) is 0.211. The summed E-state index contributed by atoms with van der Waals surface area (Å²) in [6, 6.07) is 12.3. The average molecular weight is 557 g/mol. The molecule has 3 N–H and O–H groups in total. The summed E-state index contributed by atoms with van der Waals surface area (Å²) in [5.41, 5.74) is 5.60. The van der Waals surface area contributed by atoms with E-state index in [0.29, 0.717) is 25.2 Å². The molecule has 0 bridgehead atoms. The summed E-state index contributed by atoms with van der Waals surface area (Å²) < 4.78 is 27.6. The van der Waals surface area contributed by atoms with E-state index in [-0.39, 0.29) is 43.0 Å². The van der Waals surface area contributed by atoms with Gasteiger partial charge < -0.3 is 16.0 Å². The van der Waals surface area contributed by atoms with Gasteiger partial charge in [0, 0.05) is 43.7 Å². The first-order chi connectivity index (χ1) is 18.2. The van der Waals surface area contributed by atoms with Gasteiger partial charge in [-0.2, -0.15) is 4.31 Å². The number of nitrogens with one attached hydrogen (secondary N) is 1. The van der Waals surface area contributed by atoms with Gasteiger partial charge in [-0.3, -0.25) is 14.6 Å². The molecule has 0 spiro atoms. The van der Waals surface area contributed by atoms with Crippen LogP contribution in [0.2, 0.25) is 0 Å². The van der Waals surface area contributed by atoms with E-state index < -0.39 is 15.9 Å². The predicted octanol–water partition coefficient (Wildman–Crippen LogP) is 2.01. The number of amidine groups is 1. The molecular weight excluding hydrogens is 524 g/mol. The summed E-state index contributed by atoms with van der Waals surface area (Å²) in [6.07, 6.45) is 3.74. The Hall–Kier alpha value is -3.35. The fourth-order valence-corrected chi connectivity index (χ4v) is 6.48. The van der Waals surface area contributed by atoms with Gasteiger partial charge >= 0.3 is 0 Å². The molecule has 12 heteroatoms. The third-order valence-corrected chi connectivity index (χ3v) is 8.96. The number of sulfonamides is 1. The number of nitrogens with zero attached hydrogens (tertiary/aromatic N) is 4. The fraction of sp³-hybridized carbons (Fsp3) is 0.385.